The average Bonchev–Trinajstić information content (AvgIpc) is 2.48. The van der Waals surface area contributed by atoms with Crippen molar-refractivity contribution in [1.29, 1.82) is 0 Å². The SMILES string of the molecule is O=C(COc1cc(Cl)c(Cl)cc1Cl)NC[C@@H]1CC=CCC1. The third kappa shape index (κ3) is 5.10. The predicted molar refractivity (Wildman–Crippen MR) is 86.5 cm³/mol. The normalized spacial score (nSPS) is 17.6. The molecule has 114 valence electrons. The minimum Gasteiger partial charge on any atom is -0.482 e. The Morgan fingerprint density at radius 2 is 1.95 bits per heavy atom. The fraction of sp³-hybridized carbons (Fsp3) is 0.400. The number of rotatable bonds is 5. The van der Waals surface area contributed by atoms with E-state index in [1.807, 2.05) is 0 Å². The summed E-state index contributed by atoms with van der Waals surface area (Å²) in [4.78, 5) is 11.8. The summed E-state index contributed by atoms with van der Waals surface area (Å²) < 4.78 is 5.37. The fourth-order valence-electron chi connectivity index (χ4n) is 2.11. The minimum atomic E-state index is -0.174. The zero-order valence-corrected chi connectivity index (χ0v) is 13.6. The maximum Gasteiger partial charge on any atom is 0.257 e. The highest BCUT2D eigenvalue weighted by atomic mass is 35.5. The average molecular weight is 349 g/mol. The van der Waals surface area contributed by atoms with E-state index in [0.29, 0.717) is 33.3 Å². The second-order valence-corrected chi connectivity index (χ2v) is 6.16. The Balaban J connectivity index is 1.78. The van der Waals surface area contributed by atoms with Crippen molar-refractivity contribution in [2.75, 3.05) is 13.2 Å². The standard InChI is InChI=1S/C15H16Cl3NO2/c16-11-6-13(18)14(7-12(11)17)21-9-15(20)19-8-10-4-2-1-3-5-10/h1-2,6-7,10H,3-5,8-9H2,(H,19,20)/t10-/m1/s1. The van der Waals surface area contributed by atoms with Crippen LogP contribution in [0.3, 0.4) is 0 Å². The summed E-state index contributed by atoms with van der Waals surface area (Å²) in [6, 6.07) is 3.00. The molecule has 1 aromatic rings. The summed E-state index contributed by atoms with van der Waals surface area (Å²) in [5.74, 6) is 0.682. The first kappa shape index (κ1) is 16.5. The summed E-state index contributed by atoms with van der Waals surface area (Å²) >= 11 is 17.7. The Hall–Kier alpha value is -0.900. The van der Waals surface area contributed by atoms with Crippen LogP contribution in [0.2, 0.25) is 15.1 Å². The van der Waals surface area contributed by atoms with Crippen molar-refractivity contribution in [3.8, 4) is 5.75 Å². The van der Waals surface area contributed by atoms with Crippen molar-refractivity contribution in [1.82, 2.24) is 5.32 Å². The van der Waals surface area contributed by atoms with Gasteiger partial charge in [0.1, 0.15) is 5.75 Å². The fourth-order valence-corrected chi connectivity index (χ4v) is 2.70. The van der Waals surface area contributed by atoms with Gasteiger partial charge in [-0.1, -0.05) is 47.0 Å². The molecule has 6 heteroatoms. The lowest BCUT2D eigenvalue weighted by molar-refractivity contribution is -0.123. The van der Waals surface area contributed by atoms with E-state index < -0.39 is 0 Å². The molecule has 1 aliphatic rings. The Kier molecular flexibility index (Phi) is 6.22. The smallest absolute Gasteiger partial charge is 0.257 e. The number of ether oxygens (including phenoxy) is 1. The van der Waals surface area contributed by atoms with Gasteiger partial charge in [0.15, 0.2) is 6.61 Å². The first-order valence-corrected chi connectivity index (χ1v) is 7.88. The number of halogens is 3. The minimum absolute atomic E-state index is 0.0970. The number of allylic oxidation sites excluding steroid dienone is 2. The van der Waals surface area contributed by atoms with Crippen molar-refractivity contribution in [2.24, 2.45) is 5.92 Å². The van der Waals surface area contributed by atoms with Gasteiger partial charge in [0.25, 0.3) is 5.91 Å². The summed E-state index contributed by atoms with van der Waals surface area (Å²) in [5, 5.41) is 3.89. The third-order valence-corrected chi connectivity index (χ3v) is 4.32. The molecule has 0 spiro atoms. The van der Waals surface area contributed by atoms with Crippen LogP contribution in [0.1, 0.15) is 19.3 Å². The topological polar surface area (TPSA) is 38.3 Å². The van der Waals surface area contributed by atoms with E-state index in [4.69, 9.17) is 39.5 Å². The first-order chi connectivity index (χ1) is 10.1. The molecule has 0 fully saturated rings. The molecule has 0 bridgehead atoms. The molecule has 0 unspecified atom stereocenters. The maximum absolute atomic E-state index is 11.8. The Bertz CT molecular complexity index is 546. The van der Waals surface area contributed by atoms with Crippen molar-refractivity contribution in [3.63, 3.8) is 0 Å². The predicted octanol–water partition coefficient (Wildman–Crippen LogP) is 4.50. The lowest BCUT2D eigenvalue weighted by Crippen LogP contribution is -2.33. The van der Waals surface area contributed by atoms with E-state index in [-0.39, 0.29) is 12.5 Å². The molecule has 0 saturated heterocycles. The van der Waals surface area contributed by atoms with E-state index in [1.54, 1.807) is 0 Å². The molecule has 21 heavy (non-hydrogen) atoms. The molecule has 1 aliphatic carbocycles. The van der Waals surface area contributed by atoms with Gasteiger partial charge >= 0.3 is 0 Å². The number of benzene rings is 1. The van der Waals surface area contributed by atoms with Crippen LogP contribution in [-0.4, -0.2) is 19.1 Å². The molecule has 1 N–H and O–H groups in total. The van der Waals surface area contributed by atoms with Gasteiger partial charge < -0.3 is 10.1 Å². The Morgan fingerprint density at radius 3 is 2.67 bits per heavy atom. The van der Waals surface area contributed by atoms with E-state index in [2.05, 4.69) is 17.5 Å². The van der Waals surface area contributed by atoms with Gasteiger partial charge in [-0.3, -0.25) is 4.79 Å². The number of carbonyl (C=O) groups excluding carboxylic acids is 1. The van der Waals surface area contributed by atoms with Crippen LogP contribution in [0.15, 0.2) is 24.3 Å². The number of hydrogen-bond acceptors (Lipinski definition) is 2. The highest BCUT2D eigenvalue weighted by Crippen LogP contribution is 2.33. The van der Waals surface area contributed by atoms with Crippen LogP contribution < -0.4 is 10.1 Å². The van der Waals surface area contributed by atoms with Gasteiger partial charge in [-0.15, -0.1) is 0 Å². The summed E-state index contributed by atoms with van der Waals surface area (Å²) in [6.07, 6.45) is 7.53. The second-order valence-electron chi connectivity index (χ2n) is 4.94. The largest absolute Gasteiger partial charge is 0.482 e. The lowest BCUT2D eigenvalue weighted by Gasteiger charge is -2.18. The molecule has 1 aromatic carbocycles. The van der Waals surface area contributed by atoms with Crippen LogP contribution in [0.25, 0.3) is 0 Å². The molecule has 3 nitrogen and oxygen atoms in total. The van der Waals surface area contributed by atoms with Crippen molar-refractivity contribution >= 4 is 40.7 Å². The molecule has 2 rings (SSSR count). The van der Waals surface area contributed by atoms with E-state index >= 15 is 0 Å². The summed E-state index contributed by atoms with van der Waals surface area (Å²) in [6.45, 7) is 0.571. The first-order valence-electron chi connectivity index (χ1n) is 6.75. The molecule has 0 aliphatic heterocycles. The number of hydrogen-bond donors (Lipinski definition) is 1. The van der Waals surface area contributed by atoms with E-state index in [9.17, 15) is 4.79 Å². The van der Waals surface area contributed by atoms with E-state index in [1.165, 1.54) is 12.1 Å². The van der Waals surface area contributed by atoms with Gasteiger partial charge in [0.2, 0.25) is 0 Å². The van der Waals surface area contributed by atoms with Crippen molar-refractivity contribution in [2.45, 2.75) is 19.3 Å². The number of carbonyl (C=O) groups is 1. The van der Waals surface area contributed by atoms with Gasteiger partial charge in [-0.25, -0.2) is 0 Å². The van der Waals surface area contributed by atoms with Gasteiger partial charge in [0.05, 0.1) is 15.1 Å². The van der Waals surface area contributed by atoms with Gasteiger partial charge in [-0.05, 0) is 31.2 Å². The third-order valence-electron chi connectivity index (χ3n) is 3.30. The Labute approximate surface area is 139 Å². The highest BCUT2D eigenvalue weighted by molar-refractivity contribution is 6.43. The zero-order chi connectivity index (χ0) is 15.2. The number of nitrogens with one attached hydrogen (secondary N) is 1. The maximum atomic E-state index is 11.8. The molecule has 0 heterocycles. The second kappa shape index (κ2) is 7.92. The number of amides is 1. The lowest BCUT2D eigenvalue weighted by atomic mass is 9.94. The van der Waals surface area contributed by atoms with Crippen LogP contribution in [0, 0.1) is 5.92 Å². The van der Waals surface area contributed by atoms with Crippen LogP contribution in [0.4, 0.5) is 0 Å². The van der Waals surface area contributed by atoms with Crippen molar-refractivity contribution in [3.05, 3.63) is 39.4 Å². The molecule has 0 saturated carbocycles. The quantitative estimate of drug-likeness (QED) is 0.628. The van der Waals surface area contributed by atoms with E-state index in [0.717, 1.165) is 19.3 Å². The van der Waals surface area contributed by atoms with Gasteiger partial charge in [-0.2, -0.15) is 0 Å². The molecule has 0 radical (unpaired) electrons. The van der Waals surface area contributed by atoms with Crippen LogP contribution in [-0.2, 0) is 4.79 Å². The summed E-state index contributed by atoms with van der Waals surface area (Å²) in [5.41, 5.74) is 0. The molecule has 0 aromatic heterocycles. The monoisotopic (exact) mass is 347 g/mol. The summed E-state index contributed by atoms with van der Waals surface area (Å²) in [7, 11) is 0. The van der Waals surface area contributed by atoms with Crippen molar-refractivity contribution < 1.29 is 9.53 Å². The molecular formula is C15H16Cl3NO2. The van der Waals surface area contributed by atoms with Gasteiger partial charge in [0, 0.05) is 12.6 Å². The molecule has 1 amide bonds. The van der Waals surface area contributed by atoms with Crippen LogP contribution in [0.5, 0.6) is 5.75 Å². The molecular weight excluding hydrogens is 333 g/mol. The highest BCUT2D eigenvalue weighted by Gasteiger charge is 2.13. The van der Waals surface area contributed by atoms with Crippen LogP contribution >= 0.6 is 34.8 Å². The Morgan fingerprint density at radius 1 is 1.19 bits per heavy atom. The molecule has 1 atom stereocenters. The zero-order valence-electron chi connectivity index (χ0n) is 11.4.